The number of nitrogens with zero attached hydrogens (tertiary/aromatic N) is 3. The summed E-state index contributed by atoms with van der Waals surface area (Å²) < 4.78 is 5.22. The quantitative estimate of drug-likeness (QED) is 0.279. The van der Waals surface area contributed by atoms with Crippen molar-refractivity contribution in [2.45, 2.75) is 6.92 Å². The number of esters is 1. The molecule has 2 aliphatic heterocycles. The standard InChI is InChI=1S/C23H15Cl2N3O5/c1-12(29)26-23-27(2)18(9-13-7-8-14(24)10-17(13)25)21(31)28(23)11-16-20(30)15-5-3-4-6-19(15)33-22(16)32/h3-11H,1-2H3. The van der Waals surface area contributed by atoms with E-state index in [1.54, 1.807) is 24.3 Å². The third-order valence-corrected chi connectivity index (χ3v) is 5.45. The molecule has 0 radical (unpaired) electrons. The Kier molecular flexibility index (Phi) is 5.88. The second kappa shape index (κ2) is 8.65. The zero-order valence-corrected chi connectivity index (χ0v) is 18.8. The van der Waals surface area contributed by atoms with Crippen LogP contribution in [0.5, 0.6) is 5.75 Å². The summed E-state index contributed by atoms with van der Waals surface area (Å²) in [7, 11) is 1.52. The van der Waals surface area contributed by atoms with Crippen LogP contribution in [0.15, 0.2) is 64.9 Å². The Balaban J connectivity index is 1.81. The van der Waals surface area contributed by atoms with Crippen LogP contribution < -0.4 is 4.74 Å². The number of para-hydroxylation sites is 1. The molecule has 0 aliphatic carbocycles. The number of ether oxygens (including phenoxy) is 1. The number of halogens is 2. The minimum Gasteiger partial charge on any atom is -0.422 e. The van der Waals surface area contributed by atoms with Crippen LogP contribution in [0.25, 0.3) is 6.08 Å². The van der Waals surface area contributed by atoms with Gasteiger partial charge in [0.2, 0.25) is 17.6 Å². The molecule has 1 saturated heterocycles. The smallest absolute Gasteiger partial charge is 0.349 e. The number of ketones is 1. The third kappa shape index (κ3) is 4.18. The van der Waals surface area contributed by atoms with Gasteiger partial charge in [0.15, 0.2) is 0 Å². The fraction of sp³-hybridized carbons (Fsp3) is 0.0870. The number of guanidine groups is 1. The average molecular weight is 484 g/mol. The van der Waals surface area contributed by atoms with Gasteiger partial charge in [-0.25, -0.2) is 4.79 Å². The van der Waals surface area contributed by atoms with Crippen LogP contribution in [0, 0.1) is 0 Å². The van der Waals surface area contributed by atoms with Gasteiger partial charge in [-0.1, -0.05) is 41.4 Å². The molecule has 0 atom stereocenters. The Labute approximate surface area is 198 Å². The summed E-state index contributed by atoms with van der Waals surface area (Å²) >= 11 is 12.2. The Hall–Kier alpha value is -3.75. The molecule has 0 saturated carbocycles. The molecule has 2 aromatic rings. The normalized spacial score (nSPS) is 19.5. The molecule has 10 heteroatoms. The number of aliphatic imine (C=N–C) groups is 1. The van der Waals surface area contributed by atoms with Crippen molar-refractivity contribution in [3.63, 3.8) is 0 Å². The number of rotatable bonds is 2. The molecule has 0 bridgehead atoms. The maximum Gasteiger partial charge on any atom is 0.349 e. The highest BCUT2D eigenvalue weighted by molar-refractivity contribution is 6.35. The Morgan fingerprint density at radius 2 is 1.82 bits per heavy atom. The van der Waals surface area contributed by atoms with E-state index in [4.69, 9.17) is 27.9 Å². The van der Waals surface area contributed by atoms with Crippen molar-refractivity contribution >= 4 is 58.8 Å². The summed E-state index contributed by atoms with van der Waals surface area (Å²) in [5, 5.41) is 0.730. The summed E-state index contributed by atoms with van der Waals surface area (Å²) in [6, 6.07) is 11.0. The lowest BCUT2D eigenvalue weighted by Crippen LogP contribution is -2.33. The molecular weight excluding hydrogens is 469 g/mol. The molecule has 8 nitrogen and oxygen atoms in total. The highest BCUT2D eigenvalue weighted by Crippen LogP contribution is 2.31. The molecule has 2 heterocycles. The van der Waals surface area contributed by atoms with Crippen LogP contribution in [0.3, 0.4) is 0 Å². The number of likely N-dealkylation sites (N-methyl/N-ethyl adjacent to an activating group) is 1. The van der Waals surface area contributed by atoms with Crippen LogP contribution in [-0.2, 0) is 14.4 Å². The van der Waals surface area contributed by atoms with Gasteiger partial charge in [-0.2, -0.15) is 4.99 Å². The molecule has 0 N–H and O–H groups in total. The second-order valence-electron chi connectivity index (χ2n) is 7.12. The van der Waals surface area contributed by atoms with Crippen LogP contribution >= 0.6 is 23.2 Å². The van der Waals surface area contributed by atoms with E-state index in [1.165, 1.54) is 43.1 Å². The second-order valence-corrected chi connectivity index (χ2v) is 7.96. The zero-order chi connectivity index (χ0) is 23.9. The molecule has 33 heavy (non-hydrogen) atoms. The van der Waals surface area contributed by atoms with E-state index in [9.17, 15) is 19.2 Å². The number of amides is 2. The SMILES string of the molecule is CC(=O)N=C1N(C)C(=Cc2ccc(Cl)cc2Cl)C(=O)N1C=C1C(=O)Oc2ccccc2C1=O. The topological polar surface area (TPSA) is 96.4 Å². The maximum absolute atomic E-state index is 13.3. The maximum atomic E-state index is 13.3. The van der Waals surface area contributed by atoms with Gasteiger partial charge in [-0.05, 0) is 35.9 Å². The Bertz CT molecular complexity index is 1330. The highest BCUT2D eigenvalue weighted by Gasteiger charge is 2.39. The Morgan fingerprint density at radius 1 is 1.09 bits per heavy atom. The van der Waals surface area contributed by atoms with E-state index in [-0.39, 0.29) is 28.5 Å². The third-order valence-electron chi connectivity index (χ3n) is 4.88. The van der Waals surface area contributed by atoms with Crippen molar-refractivity contribution in [3.8, 4) is 5.75 Å². The number of hydrogen-bond acceptors (Lipinski definition) is 5. The van der Waals surface area contributed by atoms with Crippen LogP contribution in [0.4, 0.5) is 0 Å². The lowest BCUT2D eigenvalue weighted by Gasteiger charge is -2.19. The zero-order valence-electron chi connectivity index (χ0n) is 17.3. The predicted octanol–water partition coefficient (Wildman–Crippen LogP) is 3.70. The largest absolute Gasteiger partial charge is 0.422 e. The van der Waals surface area contributed by atoms with Crippen LogP contribution in [0.2, 0.25) is 10.0 Å². The van der Waals surface area contributed by atoms with Crippen molar-refractivity contribution in [1.29, 1.82) is 0 Å². The molecule has 4 rings (SSSR count). The van der Waals surface area contributed by atoms with Crippen LogP contribution in [0.1, 0.15) is 22.8 Å². The van der Waals surface area contributed by atoms with E-state index in [1.807, 2.05) is 0 Å². The summed E-state index contributed by atoms with van der Waals surface area (Å²) in [5.74, 6) is -2.70. The fourth-order valence-electron chi connectivity index (χ4n) is 3.31. The van der Waals surface area contributed by atoms with Crippen molar-refractivity contribution in [2.75, 3.05) is 7.05 Å². The molecule has 0 aromatic heterocycles. The van der Waals surface area contributed by atoms with Gasteiger partial charge in [0.1, 0.15) is 17.0 Å². The molecule has 1 fully saturated rings. The van der Waals surface area contributed by atoms with Crippen molar-refractivity contribution in [1.82, 2.24) is 9.80 Å². The van der Waals surface area contributed by atoms with Gasteiger partial charge in [0.25, 0.3) is 5.91 Å². The van der Waals surface area contributed by atoms with Crippen LogP contribution in [-0.4, -0.2) is 46.4 Å². The van der Waals surface area contributed by atoms with E-state index < -0.39 is 23.6 Å². The van der Waals surface area contributed by atoms with E-state index in [0.29, 0.717) is 15.6 Å². The van der Waals surface area contributed by atoms with Gasteiger partial charge >= 0.3 is 5.97 Å². The number of carbonyl (C=O) groups excluding carboxylic acids is 4. The van der Waals surface area contributed by atoms with Crippen molar-refractivity contribution < 1.29 is 23.9 Å². The number of benzene rings is 2. The summed E-state index contributed by atoms with van der Waals surface area (Å²) in [4.78, 5) is 56.6. The van der Waals surface area contributed by atoms with E-state index >= 15 is 0 Å². The molecule has 2 amide bonds. The summed E-state index contributed by atoms with van der Waals surface area (Å²) in [6.07, 6.45) is 2.52. The number of hydrogen-bond donors (Lipinski definition) is 0. The first-order chi connectivity index (χ1) is 15.7. The highest BCUT2D eigenvalue weighted by atomic mass is 35.5. The fourth-order valence-corrected chi connectivity index (χ4v) is 3.78. The molecule has 2 aromatic carbocycles. The first-order valence-corrected chi connectivity index (χ1v) is 10.3. The minimum absolute atomic E-state index is 0.0872. The first kappa shape index (κ1) is 22.4. The van der Waals surface area contributed by atoms with Crippen molar-refractivity contribution in [3.05, 3.63) is 81.1 Å². The molecule has 0 spiro atoms. The summed E-state index contributed by atoms with van der Waals surface area (Å²) in [5.41, 5.74) is 0.401. The monoisotopic (exact) mass is 483 g/mol. The lowest BCUT2D eigenvalue weighted by molar-refractivity contribution is -0.130. The van der Waals surface area contributed by atoms with Gasteiger partial charge in [-0.3, -0.25) is 19.3 Å². The number of Topliss-reactive ketones (excluding diaryl/α,β-unsaturated/α-hetero) is 1. The average Bonchev–Trinajstić information content (AvgIpc) is 2.96. The number of fused-ring (bicyclic) bond motifs is 1. The minimum atomic E-state index is -0.922. The molecular formula is C23H15Cl2N3O5. The molecule has 2 aliphatic rings. The first-order valence-electron chi connectivity index (χ1n) is 9.58. The van der Waals surface area contributed by atoms with Gasteiger partial charge in [0.05, 0.1) is 5.56 Å². The van der Waals surface area contributed by atoms with Crippen molar-refractivity contribution in [2.24, 2.45) is 4.99 Å². The molecule has 0 unspecified atom stereocenters. The van der Waals surface area contributed by atoms with Gasteiger partial charge < -0.3 is 9.64 Å². The van der Waals surface area contributed by atoms with Gasteiger partial charge in [-0.15, -0.1) is 0 Å². The van der Waals surface area contributed by atoms with E-state index in [0.717, 1.165) is 11.1 Å². The summed E-state index contributed by atoms with van der Waals surface area (Å²) in [6.45, 7) is 1.21. The van der Waals surface area contributed by atoms with Gasteiger partial charge in [0, 0.05) is 30.2 Å². The van der Waals surface area contributed by atoms with E-state index in [2.05, 4.69) is 4.99 Å². The Morgan fingerprint density at radius 3 is 2.52 bits per heavy atom. The predicted molar refractivity (Wildman–Crippen MR) is 122 cm³/mol. The lowest BCUT2D eigenvalue weighted by atomic mass is 10.0. The number of carbonyl (C=O) groups is 4. The molecule has 166 valence electrons.